The predicted molar refractivity (Wildman–Crippen MR) is 77.7 cm³/mol. The second-order valence-corrected chi connectivity index (χ2v) is 5.32. The number of benzene rings is 1. The predicted octanol–water partition coefficient (Wildman–Crippen LogP) is 4.13. The molecule has 0 aliphatic heterocycles. The van der Waals surface area contributed by atoms with Crippen LogP contribution in [0.3, 0.4) is 0 Å². The Bertz CT molecular complexity index is 594. The second-order valence-electron chi connectivity index (χ2n) is 4.88. The zero-order valence-electron chi connectivity index (χ0n) is 10.9. The summed E-state index contributed by atoms with van der Waals surface area (Å²) in [5.74, 6) is 0.790. The molecule has 0 spiro atoms. The molecule has 0 atom stereocenters. The Morgan fingerprint density at radius 1 is 1.35 bits per heavy atom. The van der Waals surface area contributed by atoms with Gasteiger partial charge in [-0.2, -0.15) is 0 Å². The highest BCUT2D eigenvalue weighted by atomic mass is 35.5. The summed E-state index contributed by atoms with van der Waals surface area (Å²) in [4.78, 5) is 14.2. The third-order valence-electron chi connectivity index (χ3n) is 3.23. The molecule has 104 valence electrons. The molecule has 4 nitrogen and oxygen atoms in total. The Kier molecular flexibility index (Phi) is 3.65. The third kappa shape index (κ3) is 3.14. The van der Waals surface area contributed by atoms with Crippen LogP contribution in [-0.2, 0) is 6.54 Å². The molecule has 1 aliphatic carbocycles. The second kappa shape index (κ2) is 5.59. The molecule has 1 aliphatic rings. The SMILES string of the molecule is O=C(Nc1cccc(Cl)c1)N(Cc1ccco1)C1CC1. The van der Waals surface area contributed by atoms with Crippen molar-refractivity contribution in [3.63, 3.8) is 0 Å². The van der Waals surface area contributed by atoms with E-state index >= 15 is 0 Å². The summed E-state index contributed by atoms with van der Waals surface area (Å²) in [6.07, 6.45) is 3.71. The Morgan fingerprint density at radius 3 is 2.85 bits per heavy atom. The number of halogens is 1. The van der Waals surface area contributed by atoms with E-state index in [1.165, 1.54) is 0 Å². The topological polar surface area (TPSA) is 45.5 Å². The molecule has 1 N–H and O–H groups in total. The molecule has 3 rings (SSSR count). The average molecular weight is 291 g/mol. The summed E-state index contributed by atoms with van der Waals surface area (Å²) < 4.78 is 5.32. The van der Waals surface area contributed by atoms with Crippen molar-refractivity contribution in [3.8, 4) is 0 Å². The number of amides is 2. The van der Waals surface area contributed by atoms with Crippen LogP contribution in [0.4, 0.5) is 10.5 Å². The van der Waals surface area contributed by atoms with Crippen molar-refractivity contribution in [1.82, 2.24) is 4.90 Å². The Labute approximate surface area is 122 Å². The van der Waals surface area contributed by atoms with Crippen molar-refractivity contribution in [2.75, 3.05) is 5.32 Å². The highest BCUT2D eigenvalue weighted by molar-refractivity contribution is 6.30. The van der Waals surface area contributed by atoms with E-state index in [9.17, 15) is 4.79 Å². The first-order chi connectivity index (χ1) is 9.72. The number of nitrogens with zero attached hydrogens (tertiary/aromatic N) is 1. The number of hydrogen-bond acceptors (Lipinski definition) is 2. The molecule has 0 bridgehead atoms. The summed E-state index contributed by atoms with van der Waals surface area (Å²) in [7, 11) is 0. The van der Waals surface area contributed by atoms with Crippen molar-refractivity contribution in [1.29, 1.82) is 0 Å². The maximum atomic E-state index is 12.4. The first-order valence-corrected chi connectivity index (χ1v) is 6.96. The van der Waals surface area contributed by atoms with Gasteiger partial charge in [-0.1, -0.05) is 17.7 Å². The Hall–Kier alpha value is -1.94. The molecule has 1 heterocycles. The average Bonchev–Trinajstić information content (AvgIpc) is 3.12. The van der Waals surface area contributed by atoms with E-state index in [1.807, 2.05) is 24.3 Å². The van der Waals surface area contributed by atoms with Crippen molar-refractivity contribution in [2.24, 2.45) is 0 Å². The Balaban J connectivity index is 1.69. The van der Waals surface area contributed by atoms with Gasteiger partial charge in [0.15, 0.2) is 0 Å². The lowest BCUT2D eigenvalue weighted by Gasteiger charge is -2.21. The highest BCUT2D eigenvalue weighted by Crippen LogP contribution is 2.29. The molecule has 0 radical (unpaired) electrons. The van der Waals surface area contributed by atoms with Gasteiger partial charge >= 0.3 is 6.03 Å². The fraction of sp³-hybridized carbons (Fsp3) is 0.267. The van der Waals surface area contributed by atoms with Crippen molar-refractivity contribution < 1.29 is 9.21 Å². The number of carbonyl (C=O) groups is 1. The van der Waals surface area contributed by atoms with Gasteiger partial charge in [-0.25, -0.2) is 4.79 Å². The molecule has 5 heteroatoms. The molecule has 1 aromatic heterocycles. The maximum Gasteiger partial charge on any atom is 0.322 e. The largest absolute Gasteiger partial charge is 0.467 e. The van der Waals surface area contributed by atoms with Gasteiger partial charge < -0.3 is 14.6 Å². The van der Waals surface area contributed by atoms with Crippen LogP contribution in [0.1, 0.15) is 18.6 Å². The van der Waals surface area contributed by atoms with Crippen LogP contribution in [0.25, 0.3) is 0 Å². The maximum absolute atomic E-state index is 12.4. The van der Waals surface area contributed by atoms with Gasteiger partial charge in [0, 0.05) is 16.8 Å². The first-order valence-electron chi connectivity index (χ1n) is 6.58. The van der Waals surface area contributed by atoms with Crippen LogP contribution in [0.2, 0.25) is 5.02 Å². The van der Waals surface area contributed by atoms with Crippen molar-refractivity contribution in [3.05, 3.63) is 53.4 Å². The monoisotopic (exact) mass is 290 g/mol. The molecular formula is C15H15ClN2O2. The van der Waals surface area contributed by atoms with E-state index in [1.54, 1.807) is 23.3 Å². The molecule has 1 saturated carbocycles. The molecule has 2 aromatic rings. The number of anilines is 1. The lowest BCUT2D eigenvalue weighted by molar-refractivity contribution is 0.201. The summed E-state index contributed by atoms with van der Waals surface area (Å²) in [5, 5.41) is 3.48. The van der Waals surface area contributed by atoms with E-state index in [0.717, 1.165) is 18.6 Å². The molecule has 0 unspecified atom stereocenters. The normalized spacial score (nSPS) is 14.1. The van der Waals surface area contributed by atoms with Crippen LogP contribution < -0.4 is 5.32 Å². The van der Waals surface area contributed by atoms with Gasteiger partial charge in [0.2, 0.25) is 0 Å². The fourth-order valence-corrected chi connectivity index (χ4v) is 2.28. The van der Waals surface area contributed by atoms with Crippen molar-refractivity contribution >= 4 is 23.3 Å². The standard InChI is InChI=1S/C15H15ClN2O2/c16-11-3-1-4-12(9-11)17-15(19)18(13-6-7-13)10-14-5-2-8-20-14/h1-5,8-9,13H,6-7,10H2,(H,17,19). The zero-order valence-corrected chi connectivity index (χ0v) is 11.6. The van der Waals surface area contributed by atoms with Crippen LogP contribution in [-0.4, -0.2) is 17.0 Å². The minimum atomic E-state index is -0.119. The fourth-order valence-electron chi connectivity index (χ4n) is 2.08. The minimum Gasteiger partial charge on any atom is -0.467 e. The van der Waals surface area contributed by atoms with Gasteiger partial charge in [-0.05, 0) is 43.2 Å². The summed E-state index contributed by atoms with van der Waals surface area (Å²) in [6.45, 7) is 0.490. The minimum absolute atomic E-state index is 0.119. The van der Waals surface area contributed by atoms with E-state index < -0.39 is 0 Å². The van der Waals surface area contributed by atoms with Gasteiger partial charge in [0.05, 0.1) is 12.8 Å². The lowest BCUT2D eigenvalue weighted by Crippen LogP contribution is -2.36. The van der Waals surface area contributed by atoms with Crippen LogP contribution in [0.15, 0.2) is 47.1 Å². The van der Waals surface area contributed by atoms with E-state index in [0.29, 0.717) is 23.3 Å². The van der Waals surface area contributed by atoms with E-state index in [4.69, 9.17) is 16.0 Å². The number of urea groups is 1. The van der Waals surface area contributed by atoms with Gasteiger partial charge in [0.25, 0.3) is 0 Å². The van der Waals surface area contributed by atoms with E-state index in [2.05, 4.69) is 5.32 Å². The van der Waals surface area contributed by atoms with Gasteiger partial charge in [-0.3, -0.25) is 0 Å². The van der Waals surface area contributed by atoms with E-state index in [-0.39, 0.29) is 6.03 Å². The molecular weight excluding hydrogens is 276 g/mol. The third-order valence-corrected chi connectivity index (χ3v) is 3.47. The molecule has 2 amide bonds. The zero-order chi connectivity index (χ0) is 13.9. The lowest BCUT2D eigenvalue weighted by atomic mass is 10.3. The van der Waals surface area contributed by atoms with Crippen LogP contribution >= 0.6 is 11.6 Å². The molecule has 20 heavy (non-hydrogen) atoms. The highest BCUT2D eigenvalue weighted by Gasteiger charge is 2.33. The smallest absolute Gasteiger partial charge is 0.322 e. The number of carbonyl (C=O) groups excluding carboxylic acids is 1. The summed E-state index contributed by atoms with van der Waals surface area (Å²) in [6, 6.07) is 11.0. The number of hydrogen-bond donors (Lipinski definition) is 1. The number of nitrogens with one attached hydrogen (secondary N) is 1. The van der Waals surface area contributed by atoms with Gasteiger partial charge in [-0.15, -0.1) is 0 Å². The van der Waals surface area contributed by atoms with Crippen molar-refractivity contribution in [2.45, 2.75) is 25.4 Å². The molecule has 0 saturated heterocycles. The van der Waals surface area contributed by atoms with Gasteiger partial charge in [0.1, 0.15) is 5.76 Å². The Morgan fingerprint density at radius 2 is 2.20 bits per heavy atom. The molecule has 1 aromatic carbocycles. The number of furan rings is 1. The summed E-state index contributed by atoms with van der Waals surface area (Å²) in [5.41, 5.74) is 0.701. The van der Waals surface area contributed by atoms with Crippen LogP contribution in [0, 0.1) is 0 Å². The summed E-state index contributed by atoms with van der Waals surface area (Å²) >= 11 is 5.92. The molecule has 1 fully saturated rings. The first kappa shape index (κ1) is 13.1. The van der Waals surface area contributed by atoms with Crippen LogP contribution in [0.5, 0.6) is 0 Å². The quantitative estimate of drug-likeness (QED) is 0.920. The number of rotatable bonds is 4.